The number of nitrogens with zero attached hydrogens (tertiary/aromatic N) is 3. The van der Waals surface area contributed by atoms with Crippen LogP contribution >= 0.6 is 0 Å². The molecule has 2 aromatic heterocycles. The molecule has 0 radical (unpaired) electrons. The van der Waals surface area contributed by atoms with E-state index in [1.165, 1.54) is 0 Å². The molecular formula is C8H8N4. The predicted octanol–water partition coefficient (Wildman–Crippen LogP) is 1.18. The highest BCUT2D eigenvalue weighted by Gasteiger charge is 1.99. The molecule has 0 unspecified atom stereocenters. The molecule has 2 heterocycles. The van der Waals surface area contributed by atoms with Crippen molar-refractivity contribution in [2.45, 2.75) is 6.92 Å². The highest BCUT2D eigenvalue weighted by molar-refractivity contribution is 5.51. The van der Waals surface area contributed by atoms with E-state index < -0.39 is 0 Å². The lowest BCUT2D eigenvalue weighted by Gasteiger charge is -1.95. The number of H-pyrrole nitrogens is 1. The summed E-state index contributed by atoms with van der Waals surface area (Å²) >= 11 is 0. The molecule has 2 rings (SSSR count). The van der Waals surface area contributed by atoms with Crippen LogP contribution in [0.25, 0.3) is 11.4 Å². The van der Waals surface area contributed by atoms with Crippen molar-refractivity contribution in [1.29, 1.82) is 0 Å². The van der Waals surface area contributed by atoms with Gasteiger partial charge in [-0.25, -0.2) is 0 Å². The Morgan fingerprint density at radius 1 is 1.33 bits per heavy atom. The average Bonchev–Trinajstić information content (AvgIpc) is 2.56. The summed E-state index contributed by atoms with van der Waals surface area (Å²) in [5, 5.41) is 10.1. The first-order valence-corrected chi connectivity index (χ1v) is 3.66. The standard InChI is InChI=1S/C8H8N4/c1-6-3-2-4-7(10-6)8-5-9-12-11-8/h2-5H,1H3,(H,9,11,12). The monoisotopic (exact) mass is 160 g/mol. The van der Waals surface area contributed by atoms with Gasteiger partial charge in [0.2, 0.25) is 0 Å². The maximum absolute atomic E-state index is 4.30. The molecule has 0 atom stereocenters. The molecule has 60 valence electrons. The van der Waals surface area contributed by atoms with Gasteiger partial charge in [-0.2, -0.15) is 0 Å². The quantitative estimate of drug-likeness (QED) is 0.681. The van der Waals surface area contributed by atoms with Gasteiger partial charge in [0.15, 0.2) is 0 Å². The fourth-order valence-corrected chi connectivity index (χ4v) is 1.01. The lowest BCUT2D eigenvalue weighted by Crippen LogP contribution is -1.85. The molecule has 0 saturated heterocycles. The molecule has 12 heavy (non-hydrogen) atoms. The normalized spacial score (nSPS) is 10.1. The minimum atomic E-state index is 0.846. The maximum atomic E-state index is 4.30. The largest absolute Gasteiger partial charge is 0.256 e. The Balaban J connectivity index is 2.48. The summed E-state index contributed by atoms with van der Waals surface area (Å²) in [6, 6.07) is 5.83. The van der Waals surface area contributed by atoms with Crippen LogP contribution in [0.5, 0.6) is 0 Å². The second-order valence-corrected chi connectivity index (χ2v) is 2.53. The van der Waals surface area contributed by atoms with Gasteiger partial charge in [0.1, 0.15) is 5.69 Å². The number of aryl methyl sites for hydroxylation is 1. The highest BCUT2D eigenvalue weighted by Crippen LogP contribution is 2.11. The van der Waals surface area contributed by atoms with Gasteiger partial charge in [-0.05, 0) is 19.1 Å². The second kappa shape index (κ2) is 2.73. The van der Waals surface area contributed by atoms with E-state index in [1.54, 1.807) is 6.20 Å². The Morgan fingerprint density at radius 3 is 2.92 bits per heavy atom. The number of pyridine rings is 1. The maximum Gasteiger partial charge on any atom is 0.104 e. The van der Waals surface area contributed by atoms with E-state index in [0.717, 1.165) is 17.1 Å². The lowest BCUT2D eigenvalue weighted by atomic mass is 10.2. The second-order valence-electron chi connectivity index (χ2n) is 2.53. The fourth-order valence-electron chi connectivity index (χ4n) is 1.01. The van der Waals surface area contributed by atoms with E-state index >= 15 is 0 Å². The predicted molar refractivity (Wildman–Crippen MR) is 44.4 cm³/mol. The Kier molecular flexibility index (Phi) is 1.59. The number of rotatable bonds is 1. The van der Waals surface area contributed by atoms with Gasteiger partial charge in [0.25, 0.3) is 0 Å². The molecule has 0 amide bonds. The molecule has 0 aliphatic rings. The molecule has 0 aromatic carbocycles. The van der Waals surface area contributed by atoms with E-state index in [2.05, 4.69) is 20.4 Å². The summed E-state index contributed by atoms with van der Waals surface area (Å²) in [5.74, 6) is 0. The van der Waals surface area contributed by atoms with Crippen molar-refractivity contribution < 1.29 is 0 Å². The fraction of sp³-hybridized carbons (Fsp3) is 0.125. The summed E-state index contributed by atoms with van der Waals surface area (Å²) in [4.78, 5) is 4.30. The van der Waals surface area contributed by atoms with Crippen molar-refractivity contribution in [3.05, 3.63) is 30.1 Å². The SMILES string of the molecule is Cc1cccc(-c2cnn[nH]2)n1. The molecule has 0 bridgehead atoms. The van der Waals surface area contributed by atoms with Crippen molar-refractivity contribution in [2.24, 2.45) is 0 Å². The molecule has 0 spiro atoms. The minimum absolute atomic E-state index is 0.846. The molecule has 2 aromatic rings. The zero-order valence-corrected chi connectivity index (χ0v) is 6.65. The molecule has 4 nitrogen and oxygen atoms in total. The summed E-state index contributed by atoms with van der Waals surface area (Å²) in [6.45, 7) is 1.95. The molecular weight excluding hydrogens is 152 g/mol. The van der Waals surface area contributed by atoms with E-state index in [1.807, 2.05) is 25.1 Å². The van der Waals surface area contributed by atoms with Gasteiger partial charge < -0.3 is 0 Å². The number of hydrogen-bond acceptors (Lipinski definition) is 3. The van der Waals surface area contributed by atoms with Crippen LogP contribution in [0, 0.1) is 6.92 Å². The van der Waals surface area contributed by atoms with Crippen LogP contribution in [-0.4, -0.2) is 20.4 Å². The van der Waals surface area contributed by atoms with Crippen LogP contribution < -0.4 is 0 Å². The van der Waals surface area contributed by atoms with Crippen LogP contribution in [0.3, 0.4) is 0 Å². The Morgan fingerprint density at radius 2 is 2.25 bits per heavy atom. The van der Waals surface area contributed by atoms with Crippen molar-refractivity contribution in [1.82, 2.24) is 20.4 Å². The van der Waals surface area contributed by atoms with Gasteiger partial charge in [-0.1, -0.05) is 11.3 Å². The Labute approximate surface area is 69.7 Å². The summed E-state index contributed by atoms with van der Waals surface area (Å²) < 4.78 is 0. The van der Waals surface area contributed by atoms with Gasteiger partial charge in [0.05, 0.1) is 11.9 Å². The first-order valence-electron chi connectivity index (χ1n) is 3.66. The zero-order chi connectivity index (χ0) is 8.39. The number of aromatic nitrogens is 4. The third kappa shape index (κ3) is 1.18. The first-order chi connectivity index (χ1) is 5.86. The van der Waals surface area contributed by atoms with Crippen molar-refractivity contribution in [3.63, 3.8) is 0 Å². The third-order valence-electron chi connectivity index (χ3n) is 1.58. The zero-order valence-electron chi connectivity index (χ0n) is 6.65. The summed E-state index contributed by atoms with van der Waals surface area (Å²) in [6.07, 6.45) is 1.65. The minimum Gasteiger partial charge on any atom is -0.256 e. The Hall–Kier alpha value is -1.71. The van der Waals surface area contributed by atoms with E-state index in [0.29, 0.717) is 0 Å². The summed E-state index contributed by atoms with van der Waals surface area (Å²) in [5.41, 5.74) is 2.71. The average molecular weight is 160 g/mol. The Bertz CT molecular complexity index is 366. The van der Waals surface area contributed by atoms with Crippen LogP contribution in [-0.2, 0) is 0 Å². The number of hydrogen-bond donors (Lipinski definition) is 1. The lowest BCUT2D eigenvalue weighted by molar-refractivity contribution is 0.940. The first kappa shape index (κ1) is 6.97. The van der Waals surface area contributed by atoms with E-state index in [4.69, 9.17) is 0 Å². The van der Waals surface area contributed by atoms with Crippen LogP contribution in [0.1, 0.15) is 5.69 Å². The van der Waals surface area contributed by atoms with Crippen molar-refractivity contribution >= 4 is 0 Å². The topological polar surface area (TPSA) is 54.5 Å². The highest BCUT2D eigenvalue weighted by atomic mass is 15.3. The van der Waals surface area contributed by atoms with Crippen LogP contribution in [0.4, 0.5) is 0 Å². The molecule has 1 N–H and O–H groups in total. The van der Waals surface area contributed by atoms with Crippen molar-refractivity contribution in [2.75, 3.05) is 0 Å². The molecule has 0 fully saturated rings. The molecule has 0 saturated carbocycles. The molecule has 4 heteroatoms. The van der Waals surface area contributed by atoms with Gasteiger partial charge in [0, 0.05) is 5.69 Å². The van der Waals surface area contributed by atoms with E-state index in [9.17, 15) is 0 Å². The third-order valence-corrected chi connectivity index (χ3v) is 1.58. The van der Waals surface area contributed by atoms with Crippen molar-refractivity contribution in [3.8, 4) is 11.4 Å². The number of aromatic amines is 1. The molecule has 0 aliphatic heterocycles. The van der Waals surface area contributed by atoms with Crippen LogP contribution in [0.15, 0.2) is 24.4 Å². The molecule has 0 aliphatic carbocycles. The van der Waals surface area contributed by atoms with Gasteiger partial charge in [-0.3, -0.25) is 10.1 Å². The summed E-state index contributed by atoms with van der Waals surface area (Å²) in [7, 11) is 0. The number of nitrogens with one attached hydrogen (secondary N) is 1. The van der Waals surface area contributed by atoms with Gasteiger partial charge >= 0.3 is 0 Å². The van der Waals surface area contributed by atoms with Gasteiger partial charge in [-0.15, -0.1) is 5.10 Å². The van der Waals surface area contributed by atoms with Crippen LogP contribution in [0.2, 0.25) is 0 Å². The van der Waals surface area contributed by atoms with E-state index in [-0.39, 0.29) is 0 Å². The smallest absolute Gasteiger partial charge is 0.104 e.